The minimum absolute atomic E-state index is 0.489. The Morgan fingerprint density at radius 2 is 2.23 bits per heavy atom. The zero-order valence-corrected chi connectivity index (χ0v) is 8.99. The van der Waals surface area contributed by atoms with E-state index in [9.17, 15) is 4.21 Å². The maximum atomic E-state index is 11.3. The molecule has 13 heavy (non-hydrogen) atoms. The van der Waals surface area contributed by atoms with Crippen molar-refractivity contribution < 1.29 is 4.21 Å². The smallest absolute Gasteiger partial charge is 0.0506 e. The van der Waals surface area contributed by atoms with Crippen molar-refractivity contribution in [3.05, 3.63) is 28.8 Å². The van der Waals surface area contributed by atoms with E-state index < -0.39 is 10.8 Å². The number of halogens is 1. The number of nitrogen functional groups attached to an aromatic ring is 1. The first-order valence-electron chi connectivity index (χ1n) is 4.02. The number of hydrogen-bond donors (Lipinski definition) is 1. The number of benzene rings is 1. The van der Waals surface area contributed by atoms with E-state index in [2.05, 4.69) is 0 Å². The topological polar surface area (TPSA) is 43.1 Å². The summed E-state index contributed by atoms with van der Waals surface area (Å²) in [6.45, 7) is 1.89. The highest BCUT2D eigenvalue weighted by Gasteiger charge is 2.03. The van der Waals surface area contributed by atoms with Gasteiger partial charge < -0.3 is 5.73 Å². The molecule has 0 fully saturated rings. The van der Waals surface area contributed by atoms with Gasteiger partial charge in [0.1, 0.15) is 0 Å². The molecule has 1 unspecified atom stereocenters. The van der Waals surface area contributed by atoms with Crippen molar-refractivity contribution in [1.29, 1.82) is 0 Å². The minimum Gasteiger partial charge on any atom is -0.398 e. The molecule has 0 aromatic heterocycles. The third-order valence-electron chi connectivity index (χ3n) is 1.74. The molecular weight excluding hydrogens is 206 g/mol. The zero-order valence-electron chi connectivity index (χ0n) is 7.42. The Morgan fingerprint density at radius 3 is 2.85 bits per heavy atom. The van der Waals surface area contributed by atoms with Crippen LogP contribution in [0.3, 0.4) is 0 Å². The van der Waals surface area contributed by atoms with Gasteiger partial charge in [-0.05, 0) is 23.8 Å². The normalized spacial score (nSPS) is 12.8. The van der Waals surface area contributed by atoms with Crippen LogP contribution in [-0.2, 0) is 16.6 Å². The van der Waals surface area contributed by atoms with Crippen LogP contribution < -0.4 is 5.73 Å². The highest BCUT2D eigenvalue weighted by molar-refractivity contribution is 7.84. The van der Waals surface area contributed by atoms with E-state index in [1.165, 1.54) is 0 Å². The van der Waals surface area contributed by atoms with Crippen molar-refractivity contribution in [3.8, 4) is 0 Å². The summed E-state index contributed by atoms with van der Waals surface area (Å²) in [5.74, 6) is 1.13. The van der Waals surface area contributed by atoms with Crippen molar-refractivity contribution in [3.63, 3.8) is 0 Å². The molecule has 72 valence electrons. The average Bonchev–Trinajstić information content (AvgIpc) is 2.11. The minimum atomic E-state index is -0.835. The second-order valence-electron chi connectivity index (χ2n) is 2.72. The Bertz CT molecular complexity index is 327. The SMILES string of the molecule is CCS(=O)Cc1cc(Cl)ccc1N. The van der Waals surface area contributed by atoms with Gasteiger partial charge in [-0.25, -0.2) is 0 Å². The summed E-state index contributed by atoms with van der Waals surface area (Å²) in [6.07, 6.45) is 0. The molecule has 0 spiro atoms. The van der Waals surface area contributed by atoms with Crippen LogP contribution in [0.2, 0.25) is 5.02 Å². The lowest BCUT2D eigenvalue weighted by Crippen LogP contribution is -2.01. The Balaban J connectivity index is 2.87. The molecule has 0 aliphatic rings. The fourth-order valence-corrected chi connectivity index (χ4v) is 1.97. The van der Waals surface area contributed by atoms with Gasteiger partial charge in [-0.3, -0.25) is 4.21 Å². The van der Waals surface area contributed by atoms with Crippen molar-refractivity contribution >= 4 is 28.1 Å². The highest BCUT2D eigenvalue weighted by Crippen LogP contribution is 2.19. The van der Waals surface area contributed by atoms with Gasteiger partial charge in [-0.1, -0.05) is 18.5 Å². The summed E-state index contributed by atoms with van der Waals surface area (Å²) in [5.41, 5.74) is 7.23. The highest BCUT2D eigenvalue weighted by atomic mass is 35.5. The van der Waals surface area contributed by atoms with Crippen LogP contribution in [0.25, 0.3) is 0 Å². The molecule has 2 nitrogen and oxygen atoms in total. The summed E-state index contributed by atoms with van der Waals surface area (Å²) in [7, 11) is -0.835. The molecule has 1 atom stereocenters. The van der Waals surface area contributed by atoms with Crippen LogP contribution in [0.4, 0.5) is 5.69 Å². The summed E-state index contributed by atoms with van der Waals surface area (Å²) < 4.78 is 11.3. The van der Waals surface area contributed by atoms with Crippen LogP contribution in [0, 0.1) is 0 Å². The van der Waals surface area contributed by atoms with Gasteiger partial charge in [-0.15, -0.1) is 0 Å². The summed E-state index contributed by atoms with van der Waals surface area (Å²) in [6, 6.07) is 5.24. The number of rotatable bonds is 3. The maximum Gasteiger partial charge on any atom is 0.0506 e. The first-order chi connectivity index (χ1) is 6.13. The van der Waals surface area contributed by atoms with E-state index in [-0.39, 0.29) is 0 Å². The predicted octanol–water partition coefficient (Wildman–Crippen LogP) is 2.19. The monoisotopic (exact) mass is 217 g/mol. The van der Waals surface area contributed by atoms with E-state index in [1.54, 1.807) is 18.2 Å². The largest absolute Gasteiger partial charge is 0.398 e. The fraction of sp³-hybridized carbons (Fsp3) is 0.333. The Hall–Kier alpha value is -0.540. The van der Waals surface area contributed by atoms with Gasteiger partial charge >= 0.3 is 0 Å². The summed E-state index contributed by atoms with van der Waals surface area (Å²) in [4.78, 5) is 0. The predicted molar refractivity (Wildman–Crippen MR) is 58.3 cm³/mol. The van der Waals surface area contributed by atoms with Gasteiger partial charge in [-0.2, -0.15) is 0 Å². The van der Waals surface area contributed by atoms with Gasteiger partial charge in [0.2, 0.25) is 0 Å². The first-order valence-corrected chi connectivity index (χ1v) is 5.89. The van der Waals surface area contributed by atoms with Gasteiger partial charge in [0.05, 0.1) is 5.75 Å². The van der Waals surface area contributed by atoms with Crippen LogP contribution >= 0.6 is 11.6 Å². The molecule has 1 aromatic rings. The van der Waals surface area contributed by atoms with Crippen molar-refractivity contribution in [2.24, 2.45) is 0 Å². The Labute approximate surface area is 85.5 Å². The van der Waals surface area contributed by atoms with Crippen LogP contribution in [-0.4, -0.2) is 9.96 Å². The quantitative estimate of drug-likeness (QED) is 0.789. The molecule has 0 saturated carbocycles. The number of hydrogen-bond acceptors (Lipinski definition) is 2. The molecule has 0 aliphatic heterocycles. The second kappa shape index (κ2) is 4.63. The molecule has 2 N–H and O–H groups in total. The maximum absolute atomic E-state index is 11.3. The molecule has 0 aliphatic carbocycles. The van der Waals surface area contributed by atoms with Crippen LogP contribution in [0.15, 0.2) is 18.2 Å². The standard InChI is InChI=1S/C9H12ClNOS/c1-2-13(12)6-7-5-8(10)3-4-9(7)11/h3-5H,2,6,11H2,1H3. The molecule has 0 amide bonds. The van der Waals surface area contributed by atoms with Gasteiger partial charge in [0, 0.05) is 27.3 Å². The zero-order chi connectivity index (χ0) is 9.84. The van der Waals surface area contributed by atoms with E-state index >= 15 is 0 Å². The molecule has 0 heterocycles. The van der Waals surface area contributed by atoms with Gasteiger partial charge in [0.15, 0.2) is 0 Å². The van der Waals surface area contributed by atoms with Gasteiger partial charge in [0.25, 0.3) is 0 Å². The Kier molecular flexibility index (Phi) is 3.75. The summed E-state index contributed by atoms with van der Waals surface area (Å²) >= 11 is 5.79. The Morgan fingerprint density at radius 1 is 1.54 bits per heavy atom. The van der Waals surface area contributed by atoms with Crippen LogP contribution in [0.1, 0.15) is 12.5 Å². The molecule has 1 aromatic carbocycles. The molecule has 4 heteroatoms. The summed E-state index contributed by atoms with van der Waals surface area (Å²) in [5, 5.41) is 0.636. The van der Waals surface area contributed by atoms with Crippen LogP contribution in [0.5, 0.6) is 0 Å². The van der Waals surface area contributed by atoms with Crippen molar-refractivity contribution in [2.75, 3.05) is 11.5 Å². The molecule has 0 radical (unpaired) electrons. The van der Waals surface area contributed by atoms with E-state index in [0.717, 1.165) is 5.56 Å². The fourth-order valence-electron chi connectivity index (χ4n) is 0.975. The molecule has 1 rings (SSSR count). The van der Waals surface area contributed by atoms with E-state index in [0.29, 0.717) is 22.2 Å². The average molecular weight is 218 g/mol. The second-order valence-corrected chi connectivity index (χ2v) is 4.90. The van der Waals surface area contributed by atoms with Crippen molar-refractivity contribution in [1.82, 2.24) is 0 Å². The first kappa shape index (κ1) is 10.5. The lowest BCUT2D eigenvalue weighted by molar-refractivity contribution is 0.683. The molecule has 0 bridgehead atoms. The van der Waals surface area contributed by atoms with E-state index in [4.69, 9.17) is 17.3 Å². The lowest BCUT2D eigenvalue weighted by Gasteiger charge is -2.04. The number of anilines is 1. The number of nitrogens with two attached hydrogens (primary N) is 1. The third-order valence-corrected chi connectivity index (χ3v) is 3.26. The van der Waals surface area contributed by atoms with E-state index in [1.807, 2.05) is 6.92 Å². The lowest BCUT2D eigenvalue weighted by atomic mass is 10.2. The molecule has 0 saturated heterocycles. The molecular formula is C9H12ClNOS. The van der Waals surface area contributed by atoms with Crippen molar-refractivity contribution in [2.45, 2.75) is 12.7 Å². The third kappa shape index (κ3) is 3.01.